The summed E-state index contributed by atoms with van der Waals surface area (Å²) in [6.45, 7) is 5.00. The second-order valence-electron chi connectivity index (χ2n) is 5.13. The lowest BCUT2D eigenvalue weighted by Gasteiger charge is -2.20. The quantitative estimate of drug-likeness (QED) is 0.852. The average molecular weight is 307 g/mol. The van der Waals surface area contributed by atoms with Crippen molar-refractivity contribution in [2.45, 2.75) is 32.7 Å². The number of rotatable bonds is 6. The van der Waals surface area contributed by atoms with Gasteiger partial charge in [0.1, 0.15) is 5.82 Å². The molecule has 2 rings (SSSR count). The van der Waals surface area contributed by atoms with Crippen LogP contribution in [-0.2, 0) is 6.42 Å². The van der Waals surface area contributed by atoms with Crippen LogP contribution in [0.2, 0.25) is 5.02 Å². The molecule has 1 aromatic heterocycles. The summed E-state index contributed by atoms with van der Waals surface area (Å²) in [5, 5.41) is 3.62. The van der Waals surface area contributed by atoms with Crippen LogP contribution in [0.4, 0.5) is 4.39 Å². The zero-order chi connectivity index (χ0) is 15.2. The Bertz CT molecular complexity index is 601. The first-order chi connectivity index (χ1) is 10.1. The molecule has 21 heavy (non-hydrogen) atoms. The van der Waals surface area contributed by atoms with Crippen LogP contribution in [0, 0.1) is 12.7 Å². The summed E-state index contributed by atoms with van der Waals surface area (Å²) in [6.07, 6.45) is 3.32. The number of halogens is 2. The second kappa shape index (κ2) is 7.53. The van der Waals surface area contributed by atoms with Crippen LogP contribution in [0.3, 0.4) is 0 Å². The van der Waals surface area contributed by atoms with E-state index in [0.29, 0.717) is 12.0 Å². The topological polar surface area (TPSA) is 24.9 Å². The van der Waals surface area contributed by atoms with E-state index in [-0.39, 0.29) is 16.9 Å². The summed E-state index contributed by atoms with van der Waals surface area (Å²) in [5.74, 6) is -0.337. The fraction of sp³-hybridized carbons (Fsp3) is 0.353. The number of aryl methyl sites for hydroxylation is 1. The molecule has 1 atom stereocenters. The van der Waals surface area contributed by atoms with Gasteiger partial charge in [-0.1, -0.05) is 36.7 Å². The summed E-state index contributed by atoms with van der Waals surface area (Å²) < 4.78 is 14.1. The van der Waals surface area contributed by atoms with Gasteiger partial charge in [0.15, 0.2) is 0 Å². The summed E-state index contributed by atoms with van der Waals surface area (Å²) >= 11 is 5.87. The SMILES string of the molecule is CCCNC(Cc1cccc(Cl)c1F)c1ncccc1C. The van der Waals surface area contributed by atoms with Crippen LogP contribution >= 0.6 is 11.6 Å². The van der Waals surface area contributed by atoms with Crippen LogP contribution in [0.1, 0.15) is 36.2 Å². The fourth-order valence-corrected chi connectivity index (χ4v) is 2.57. The molecule has 1 N–H and O–H groups in total. The van der Waals surface area contributed by atoms with Gasteiger partial charge in [0.05, 0.1) is 16.8 Å². The Hall–Kier alpha value is -1.45. The third kappa shape index (κ3) is 4.02. The third-order valence-electron chi connectivity index (χ3n) is 3.48. The molecule has 4 heteroatoms. The molecule has 0 aliphatic carbocycles. The lowest BCUT2D eigenvalue weighted by atomic mass is 9.99. The minimum absolute atomic E-state index is 0.0147. The van der Waals surface area contributed by atoms with Crippen molar-refractivity contribution in [3.63, 3.8) is 0 Å². The maximum Gasteiger partial charge on any atom is 0.145 e. The molecule has 0 amide bonds. The van der Waals surface area contributed by atoms with Crippen LogP contribution < -0.4 is 5.32 Å². The highest BCUT2D eigenvalue weighted by molar-refractivity contribution is 6.30. The number of nitrogens with one attached hydrogen (secondary N) is 1. The first-order valence-electron chi connectivity index (χ1n) is 7.21. The Morgan fingerprint density at radius 2 is 2.10 bits per heavy atom. The van der Waals surface area contributed by atoms with E-state index in [0.717, 1.165) is 24.2 Å². The molecule has 0 saturated carbocycles. The lowest BCUT2D eigenvalue weighted by molar-refractivity contribution is 0.501. The van der Waals surface area contributed by atoms with Crippen molar-refractivity contribution in [1.29, 1.82) is 0 Å². The highest BCUT2D eigenvalue weighted by atomic mass is 35.5. The molecular formula is C17H20ClFN2. The Labute approximate surface area is 130 Å². The molecule has 0 saturated heterocycles. The normalized spacial score (nSPS) is 12.4. The fourth-order valence-electron chi connectivity index (χ4n) is 2.37. The first kappa shape index (κ1) is 15.9. The van der Waals surface area contributed by atoms with E-state index in [1.54, 1.807) is 24.4 Å². The van der Waals surface area contributed by atoms with Gasteiger partial charge in [-0.2, -0.15) is 0 Å². The van der Waals surface area contributed by atoms with Crippen molar-refractivity contribution in [2.24, 2.45) is 0 Å². The van der Waals surface area contributed by atoms with Crippen LogP contribution in [0.5, 0.6) is 0 Å². The van der Waals surface area contributed by atoms with Gasteiger partial charge in [0, 0.05) is 6.20 Å². The zero-order valence-electron chi connectivity index (χ0n) is 12.4. The Kier molecular flexibility index (Phi) is 5.71. The van der Waals surface area contributed by atoms with Gasteiger partial charge in [-0.3, -0.25) is 4.98 Å². The van der Waals surface area contributed by atoms with Crippen molar-refractivity contribution < 1.29 is 4.39 Å². The largest absolute Gasteiger partial charge is 0.308 e. The maximum atomic E-state index is 14.1. The minimum Gasteiger partial charge on any atom is -0.308 e. The maximum absolute atomic E-state index is 14.1. The first-order valence-corrected chi connectivity index (χ1v) is 7.59. The highest BCUT2D eigenvalue weighted by Crippen LogP contribution is 2.24. The zero-order valence-corrected chi connectivity index (χ0v) is 13.1. The van der Waals surface area contributed by atoms with Crippen molar-refractivity contribution in [1.82, 2.24) is 10.3 Å². The van der Waals surface area contributed by atoms with E-state index in [4.69, 9.17) is 11.6 Å². The van der Waals surface area contributed by atoms with E-state index in [1.165, 1.54) is 0 Å². The number of nitrogens with zero attached hydrogens (tertiary/aromatic N) is 1. The molecule has 2 nitrogen and oxygen atoms in total. The molecule has 2 aromatic rings. The molecule has 0 aliphatic rings. The molecule has 0 spiro atoms. The van der Waals surface area contributed by atoms with Crippen LogP contribution in [0.15, 0.2) is 36.5 Å². The van der Waals surface area contributed by atoms with E-state index in [9.17, 15) is 4.39 Å². The Morgan fingerprint density at radius 1 is 1.29 bits per heavy atom. The lowest BCUT2D eigenvalue weighted by Crippen LogP contribution is -2.26. The van der Waals surface area contributed by atoms with Gasteiger partial charge in [-0.25, -0.2) is 4.39 Å². The average Bonchev–Trinajstić information content (AvgIpc) is 2.48. The predicted molar refractivity (Wildman–Crippen MR) is 85.1 cm³/mol. The van der Waals surface area contributed by atoms with Gasteiger partial charge in [-0.15, -0.1) is 0 Å². The van der Waals surface area contributed by atoms with E-state index >= 15 is 0 Å². The van der Waals surface area contributed by atoms with Gasteiger partial charge in [-0.05, 0) is 49.6 Å². The number of hydrogen-bond acceptors (Lipinski definition) is 2. The molecule has 1 heterocycles. The predicted octanol–water partition coefficient (Wildman–Crippen LogP) is 4.47. The number of benzene rings is 1. The van der Waals surface area contributed by atoms with Crippen molar-refractivity contribution in [3.8, 4) is 0 Å². The monoisotopic (exact) mass is 306 g/mol. The summed E-state index contributed by atoms with van der Waals surface area (Å²) in [7, 11) is 0. The Balaban J connectivity index is 2.28. The molecule has 1 aromatic carbocycles. The molecule has 112 valence electrons. The molecule has 0 bridgehead atoms. The second-order valence-corrected chi connectivity index (χ2v) is 5.54. The summed E-state index contributed by atoms with van der Waals surface area (Å²) in [6, 6.07) is 9.05. The third-order valence-corrected chi connectivity index (χ3v) is 3.77. The van der Waals surface area contributed by atoms with E-state index < -0.39 is 0 Å². The molecule has 0 fully saturated rings. The standard InChI is InChI=1S/C17H20ClFN2/c1-3-9-20-15(17-12(2)6-5-10-21-17)11-13-7-4-8-14(18)16(13)19/h4-8,10,15,20H,3,9,11H2,1-2H3. The smallest absolute Gasteiger partial charge is 0.145 e. The van der Waals surface area contributed by atoms with Gasteiger partial charge in [0.2, 0.25) is 0 Å². The van der Waals surface area contributed by atoms with Crippen LogP contribution in [0.25, 0.3) is 0 Å². The minimum atomic E-state index is -0.337. The van der Waals surface area contributed by atoms with Gasteiger partial charge < -0.3 is 5.32 Å². The summed E-state index contributed by atoms with van der Waals surface area (Å²) in [4.78, 5) is 4.46. The molecular weight excluding hydrogens is 287 g/mol. The number of pyridine rings is 1. The number of hydrogen-bond donors (Lipinski definition) is 1. The molecule has 0 radical (unpaired) electrons. The van der Waals surface area contributed by atoms with Gasteiger partial charge in [0.25, 0.3) is 0 Å². The molecule has 1 unspecified atom stereocenters. The van der Waals surface area contributed by atoms with Crippen molar-refractivity contribution in [3.05, 3.63) is 64.2 Å². The van der Waals surface area contributed by atoms with Gasteiger partial charge >= 0.3 is 0 Å². The Morgan fingerprint density at radius 3 is 2.81 bits per heavy atom. The molecule has 0 aliphatic heterocycles. The van der Waals surface area contributed by atoms with Crippen LogP contribution in [-0.4, -0.2) is 11.5 Å². The van der Waals surface area contributed by atoms with E-state index in [1.807, 2.05) is 19.1 Å². The number of aromatic nitrogens is 1. The van der Waals surface area contributed by atoms with Crippen molar-refractivity contribution >= 4 is 11.6 Å². The summed E-state index contributed by atoms with van der Waals surface area (Å²) in [5.41, 5.74) is 2.68. The highest BCUT2D eigenvalue weighted by Gasteiger charge is 2.17. The van der Waals surface area contributed by atoms with E-state index in [2.05, 4.69) is 17.2 Å². The van der Waals surface area contributed by atoms with Crippen molar-refractivity contribution in [2.75, 3.05) is 6.54 Å².